The lowest BCUT2D eigenvalue weighted by Gasteiger charge is -2.23. The normalized spacial score (nSPS) is 12.0. The van der Waals surface area contributed by atoms with E-state index in [1.807, 2.05) is 60.7 Å². The standard InChI is InChI=1S/C16H17Cl3N3O2P/c17-16(18,19)15(23)22-25(24,20-11-13-7-3-1-4-8-13)21-12-14-9-5-2-6-10-14/h1-10H,11-12H2,(H3,20,21,22,23,24). The van der Waals surface area contributed by atoms with Crippen LogP contribution >= 0.6 is 42.4 Å². The number of rotatable bonds is 7. The molecule has 2 aromatic rings. The molecule has 0 bridgehead atoms. The molecule has 5 nitrogen and oxygen atoms in total. The van der Waals surface area contributed by atoms with Gasteiger partial charge >= 0.3 is 7.59 Å². The van der Waals surface area contributed by atoms with Gasteiger partial charge in [0.15, 0.2) is 0 Å². The number of carbonyl (C=O) groups is 1. The molecule has 0 aliphatic carbocycles. The molecule has 25 heavy (non-hydrogen) atoms. The second-order valence-corrected chi connectivity index (χ2v) is 9.54. The third-order valence-corrected chi connectivity index (χ3v) is 5.45. The van der Waals surface area contributed by atoms with Crippen LogP contribution in [-0.4, -0.2) is 9.70 Å². The predicted octanol–water partition coefficient (Wildman–Crippen LogP) is 4.16. The number of alkyl halides is 3. The monoisotopic (exact) mass is 419 g/mol. The zero-order chi connectivity index (χ0) is 18.3. The molecular formula is C16H17Cl3N3O2P. The first-order chi connectivity index (χ1) is 11.8. The lowest BCUT2D eigenvalue weighted by Crippen LogP contribution is -2.40. The van der Waals surface area contributed by atoms with Gasteiger partial charge in [-0.3, -0.25) is 14.4 Å². The average molecular weight is 421 g/mol. The van der Waals surface area contributed by atoms with Crippen molar-refractivity contribution < 1.29 is 9.36 Å². The minimum absolute atomic E-state index is 0.264. The third kappa shape index (κ3) is 6.98. The number of hydrogen-bond donors (Lipinski definition) is 3. The van der Waals surface area contributed by atoms with Gasteiger partial charge in [0.2, 0.25) is 0 Å². The summed E-state index contributed by atoms with van der Waals surface area (Å²) >= 11 is 16.7. The van der Waals surface area contributed by atoms with Crippen molar-refractivity contribution in [2.45, 2.75) is 16.9 Å². The molecule has 0 spiro atoms. The second kappa shape index (κ2) is 9.04. The Kier molecular flexibility index (Phi) is 7.32. The summed E-state index contributed by atoms with van der Waals surface area (Å²) in [5, 5.41) is 7.92. The Morgan fingerprint density at radius 3 is 1.60 bits per heavy atom. The van der Waals surface area contributed by atoms with Crippen LogP contribution in [0, 0.1) is 0 Å². The molecule has 0 unspecified atom stereocenters. The van der Waals surface area contributed by atoms with E-state index in [4.69, 9.17) is 34.8 Å². The van der Waals surface area contributed by atoms with Gasteiger partial charge in [-0.15, -0.1) is 0 Å². The zero-order valence-corrected chi connectivity index (χ0v) is 16.2. The van der Waals surface area contributed by atoms with Crippen molar-refractivity contribution in [3.8, 4) is 0 Å². The fourth-order valence-electron chi connectivity index (χ4n) is 1.94. The molecule has 9 heteroatoms. The zero-order valence-electron chi connectivity index (χ0n) is 13.1. The van der Waals surface area contributed by atoms with Gasteiger partial charge in [-0.2, -0.15) is 0 Å². The Labute approximate surface area is 161 Å². The highest BCUT2D eigenvalue weighted by molar-refractivity contribution is 7.58. The van der Waals surface area contributed by atoms with Crippen LogP contribution in [0.5, 0.6) is 0 Å². The summed E-state index contributed by atoms with van der Waals surface area (Å²) in [6.45, 7) is 0.528. The van der Waals surface area contributed by atoms with Crippen LogP contribution in [0.2, 0.25) is 0 Å². The van der Waals surface area contributed by atoms with E-state index in [-0.39, 0.29) is 13.1 Å². The van der Waals surface area contributed by atoms with Crippen LogP contribution in [-0.2, 0) is 22.4 Å². The Morgan fingerprint density at radius 2 is 1.24 bits per heavy atom. The number of hydrogen-bond acceptors (Lipinski definition) is 2. The molecule has 0 atom stereocenters. The van der Waals surface area contributed by atoms with Crippen LogP contribution in [0.25, 0.3) is 0 Å². The van der Waals surface area contributed by atoms with Crippen molar-refractivity contribution in [2.75, 3.05) is 0 Å². The first kappa shape index (κ1) is 20.2. The van der Waals surface area contributed by atoms with Crippen molar-refractivity contribution in [1.82, 2.24) is 15.3 Å². The summed E-state index contributed by atoms with van der Waals surface area (Å²) < 4.78 is 10.9. The molecule has 0 radical (unpaired) electrons. The van der Waals surface area contributed by atoms with Crippen molar-refractivity contribution in [1.29, 1.82) is 0 Å². The van der Waals surface area contributed by atoms with Crippen LogP contribution < -0.4 is 15.3 Å². The highest BCUT2D eigenvalue weighted by Crippen LogP contribution is 2.36. The Bertz CT molecular complexity index is 692. The molecule has 0 aromatic heterocycles. The van der Waals surface area contributed by atoms with Gasteiger partial charge in [0.25, 0.3) is 9.70 Å². The van der Waals surface area contributed by atoms with Gasteiger partial charge in [-0.25, -0.2) is 10.2 Å². The van der Waals surface area contributed by atoms with E-state index in [1.54, 1.807) is 0 Å². The number of carbonyl (C=O) groups excluding carboxylic acids is 1. The van der Waals surface area contributed by atoms with E-state index in [0.717, 1.165) is 11.1 Å². The first-order valence-corrected chi connectivity index (χ1v) is 10.2. The van der Waals surface area contributed by atoms with Gasteiger partial charge in [0.05, 0.1) is 0 Å². The van der Waals surface area contributed by atoms with Gasteiger partial charge in [-0.1, -0.05) is 95.5 Å². The fraction of sp³-hybridized carbons (Fsp3) is 0.188. The van der Waals surface area contributed by atoms with Crippen LogP contribution in [0.15, 0.2) is 60.7 Å². The molecule has 0 aliphatic heterocycles. The van der Waals surface area contributed by atoms with Crippen molar-refractivity contribution >= 4 is 48.3 Å². The minimum Gasteiger partial charge on any atom is -0.279 e. The molecule has 2 aromatic carbocycles. The number of nitrogens with one attached hydrogen (secondary N) is 3. The number of amides is 1. The highest BCUT2D eigenvalue weighted by Gasteiger charge is 2.36. The van der Waals surface area contributed by atoms with E-state index in [0.29, 0.717) is 0 Å². The van der Waals surface area contributed by atoms with Gasteiger partial charge in [-0.05, 0) is 11.1 Å². The number of halogens is 3. The Balaban J connectivity index is 2.09. The summed E-state index contributed by atoms with van der Waals surface area (Å²) in [5.41, 5.74) is 1.79. The molecule has 134 valence electrons. The van der Waals surface area contributed by atoms with Gasteiger partial charge in [0.1, 0.15) is 0 Å². The summed E-state index contributed by atoms with van der Waals surface area (Å²) in [7, 11) is -3.56. The van der Waals surface area contributed by atoms with Crippen LogP contribution in [0.1, 0.15) is 11.1 Å². The van der Waals surface area contributed by atoms with Crippen molar-refractivity contribution in [2.24, 2.45) is 0 Å². The minimum atomic E-state index is -3.56. The SMILES string of the molecule is O=C(NP(=O)(NCc1ccccc1)NCc1ccccc1)C(Cl)(Cl)Cl. The molecule has 3 N–H and O–H groups in total. The molecular weight excluding hydrogens is 404 g/mol. The first-order valence-electron chi connectivity index (χ1n) is 7.36. The maximum absolute atomic E-state index is 13.1. The smallest absolute Gasteiger partial charge is 0.279 e. The molecule has 1 amide bonds. The lowest BCUT2D eigenvalue weighted by atomic mass is 10.2. The number of benzene rings is 2. The largest absolute Gasteiger partial charge is 0.306 e. The Morgan fingerprint density at radius 1 is 0.840 bits per heavy atom. The molecule has 2 rings (SSSR count). The van der Waals surface area contributed by atoms with E-state index in [2.05, 4.69) is 15.3 Å². The van der Waals surface area contributed by atoms with Gasteiger partial charge in [0, 0.05) is 13.1 Å². The fourth-order valence-corrected chi connectivity index (χ4v) is 3.81. The maximum atomic E-state index is 13.1. The molecule has 0 heterocycles. The molecule has 0 aliphatic rings. The average Bonchev–Trinajstić information content (AvgIpc) is 2.59. The van der Waals surface area contributed by atoms with E-state index >= 15 is 0 Å². The summed E-state index contributed by atoms with van der Waals surface area (Å²) in [4.78, 5) is 11.9. The lowest BCUT2D eigenvalue weighted by molar-refractivity contribution is -0.118. The third-order valence-electron chi connectivity index (χ3n) is 3.21. The molecule has 0 saturated carbocycles. The molecule has 0 saturated heterocycles. The predicted molar refractivity (Wildman–Crippen MR) is 103 cm³/mol. The second-order valence-electron chi connectivity index (χ2n) is 5.19. The van der Waals surface area contributed by atoms with Crippen molar-refractivity contribution in [3.63, 3.8) is 0 Å². The highest BCUT2D eigenvalue weighted by atomic mass is 35.6. The van der Waals surface area contributed by atoms with Crippen LogP contribution in [0.4, 0.5) is 0 Å². The van der Waals surface area contributed by atoms with Crippen molar-refractivity contribution in [3.05, 3.63) is 71.8 Å². The summed E-state index contributed by atoms with van der Waals surface area (Å²) in [5.74, 6) is -0.970. The quantitative estimate of drug-likeness (QED) is 0.465. The molecule has 0 fully saturated rings. The summed E-state index contributed by atoms with van der Waals surface area (Å²) in [6, 6.07) is 18.7. The van der Waals surface area contributed by atoms with E-state index in [1.165, 1.54) is 0 Å². The maximum Gasteiger partial charge on any atom is 0.306 e. The van der Waals surface area contributed by atoms with E-state index < -0.39 is 17.3 Å². The Hall–Kier alpha value is -1.07. The summed E-state index contributed by atoms with van der Waals surface area (Å²) in [6.07, 6.45) is 0. The van der Waals surface area contributed by atoms with Gasteiger partial charge < -0.3 is 0 Å². The topological polar surface area (TPSA) is 70.2 Å². The van der Waals surface area contributed by atoms with E-state index in [9.17, 15) is 9.36 Å². The van der Waals surface area contributed by atoms with Crippen LogP contribution in [0.3, 0.4) is 0 Å².